The molecule has 1 aromatic heterocycles. The molecule has 2 saturated heterocycles. The summed E-state index contributed by atoms with van der Waals surface area (Å²) >= 11 is 1.41. The lowest BCUT2D eigenvalue weighted by molar-refractivity contribution is -0.140. The quantitative estimate of drug-likeness (QED) is 0.760. The van der Waals surface area contributed by atoms with E-state index in [4.69, 9.17) is 0 Å². The zero-order valence-electron chi connectivity index (χ0n) is 17.1. The summed E-state index contributed by atoms with van der Waals surface area (Å²) in [7, 11) is 0. The summed E-state index contributed by atoms with van der Waals surface area (Å²) in [5.41, 5.74) is 0.771. The highest BCUT2D eigenvalue weighted by atomic mass is 32.1. The number of carbonyl (C=O) groups excluding carboxylic acids is 3. The minimum absolute atomic E-state index is 0.00461. The smallest absolute Gasteiger partial charge is 0.264 e. The average molecular weight is 445 g/mol. The Balaban J connectivity index is 1.35. The monoisotopic (exact) mass is 444 g/mol. The number of nitrogens with one attached hydrogen (secondary N) is 1. The molecule has 4 rings (SSSR count). The van der Waals surface area contributed by atoms with Crippen LogP contribution in [-0.2, 0) is 16.1 Å². The second kappa shape index (κ2) is 9.57. The molecule has 0 spiro atoms. The number of carbonyl (C=O) groups is 3. The molecular formula is C22H25FN4O3S. The molecular weight excluding hydrogens is 419 g/mol. The maximum Gasteiger partial charge on any atom is 0.264 e. The van der Waals surface area contributed by atoms with Crippen LogP contribution in [0.1, 0.15) is 21.7 Å². The minimum Gasteiger partial charge on any atom is -0.353 e. The summed E-state index contributed by atoms with van der Waals surface area (Å²) in [5, 5.41) is 4.70. The van der Waals surface area contributed by atoms with Crippen LogP contribution in [0.4, 0.5) is 4.39 Å². The fourth-order valence-electron chi connectivity index (χ4n) is 4.05. The molecule has 0 aliphatic carbocycles. The number of hydrogen-bond acceptors (Lipinski definition) is 5. The summed E-state index contributed by atoms with van der Waals surface area (Å²) in [4.78, 5) is 44.0. The largest absolute Gasteiger partial charge is 0.353 e. The van der Waals surface area contributed by atoms with Gasteiger partial charge in [-0.1, -0.05) is 18.2 Å². The Kier molecular flexibility index (Phi) is 6.62. The van der Waals surface area contributed by atoms with Crippen LogP contribution < -0.4 is 5.32 Å². The molecule has 164 valence electrons. The molecule has 2 fully saturated rings. The first-order chi connectivity index (χ1) is 15.0. The van der Waals surface area contributed by atoms with Crippen LogP contribution in [0.5, 0.6) is 0 Å². The molecule has 0 saturated carbocycles. The SMILES string of the molecule is O=C1NCCN(Cc2cccc(F)c2)[C@@H]1CC(=O)N1CCN(C(=O)c2cccs2)CC1. The third-order valence-electron chi connectivity index (χ3n) is 5.74. The van der Waals surface area contributed by atoms with Crippen LogP contribution in [0.2, 0.25) is 0 Å². The lowest BCUT2D eigenvalue weighted by atomic mass is 10.1. The van der Waals surface area contributed by atoms with Gasteiger partial charge in [0.15, 0.2) is 0 Å². The summed E-state index contributed by atoms with van der Waals surface area (Å²) in [6.07, 6.45) is 0.0695. The van der Waals surface area contributed by atoms with Crippen LogP contribution in [0.15, 0.2) is 41.8 Å². The maximum atomic E-state index is 13.5. The summed E-state index contributed by atoms with van der Waals surface area (Å²) < 4.78 is 13.5. The molecule has 3 amide bonds. The number of hydrogen-bond donors (Lipinski definition) is 1. The first-order valence-electron chi connectivity index (χ1n) is 10.4. The first kappa shape index (κ1) is 21.5. The van der Waals surface area contributed by atoms with Crippen molar-refractivity contribution in [1.82, 2.24) is 20.0 Å². The topological polar surface area (TPSA) is 73.0 Å². The van der Waals surface area contributed by atoms with Gasteiger partial charge in [-0.3, -0.25) is 19.3 Å². The Morgan fingerprint density at radius 1 is 1.06 bits per heavy atom. The second-order valence-corrected chi connectivity index (χ2v) is 8.71. The number of rotatable bonds is 5. The predicted molar refractivity (Wildman–Crippen MR) is 115 cm³/mol. The molecule has 31 heavy (non-hydrogen) atoms. The molecule has 3 heterocycles. The molecule has 9 heteroatoms. The number of benzene rings is 1. The molecule has 2 aromatic rings. The minimum atomic E-state index is -0.588. The van der Waals surface area contributed by atoms with E-state index in [0.29, 0.717) is 50.7 Å². The van der Waals surface area contributed by atoms with E-state index in [0.717, 1.165) is 5.56 Å². The molecule has 0 unspecified atom stereocenters. The number of nitrogens with zero attached hydrogens (tertiary/aromatic N) is 3. The van der Waals surface area contributed by atoms with Gasteiger partial charge in [0.2, 0.25) is 11.8 Å². The Labute approximate surface area is 184 Å². The third kappa shape index (κ3) is 5.11. The maximum absolute atomic E-state index is 13.5. The van der Waals surface area contributed by atoms with Gasteiger partial charge in [0.25, 0.3) is 5.91 Å². The van der Waals surface area contributed by atoms with Gasteiger partial charge in [-0.05, 0) is 29.1 Å². The van der Waals surface area contributed by atoms with E-state index >= 15 is 0 Å². The highest BCUT2D eigenvalue weighted by molar-refractivity contribution is 7.12. The number of halogens is 1. The van der Waals surface area contributed by atoms with Crippen LogP contribution in [0.25, 0.3) is 0 Å². The fraction of sp³-hybridized carbons (Fsp3) is 0.409. The van der Waals surface area contributed by atoms with E-state index in [1.807, 2.05) is 22.4 Å². The second-order valence-electron chi connectivity index (χ2n) is 7.76. The van der Waals surface area contributed by atoms with Gasteiger partial charge in [-0.2, -0.15) is 0 Å². The van der Waals surface area contributed by atoms with Crippen molar-refractivity contribution in [3.63, 3.8) is 0 Å². The molecule has 7 nitrogen and oxygen atoms in total. The summed E-state index contributed by atoms with van der Waals surface area (Å²) in [6, 6.07) is 9.37. The van der Waals surface area contributed by atoms with Gasteiger partial charge in [0.05, 0.1) is 17.3 Å². The fourth-order valence-corrected chi connectivity index (χ4v) is 4.74. The van der Waals surface area contributed by atoms with Crippen molar-refractivity contribution < 1.29 is 18.8 Å². The predicted octanol–water partition coefficient (Wildman–Crippen LogP) is 1.56. The number of thiophene rings is 1. The van der Waals surface area contributed by atoms with E-state index < -0.39 is 6.04 Å². The van der Waals surface area contributed by atoms with E-state index in [2.05, 4.69) is 5.32 Å². The molecule has 0 radical (unpaired) electrons. The Bertz CT molecular complexity index is 944. The van der Waals surface area contributed by atoms with Crippen molar-refractivity contribution in [1.29, 1.82) is 0 Å². The van der Waals surface area contributed by atoms with Crippen molar-refractivity contribution in [2.45, 2.75) is 19.0 Å². The van der Waals surface area contributed by atoms with Gasteiger partial charge >= 0.3 is 0 Å². The Morgan fingerprint density at radius 3 is 2.55 bits per heavy atom. The molecule has 2 aliphatic rings. The van der Waals surface area contributed by atoms with E-state index in [1.54, 1.807) is 21.9 Å². The number of amides is 3. The zero-order chi connectivity index (χ0) is 21.8. The molecule has 1 aromatic carbocycles. The number of piperazine rings is 2. The third-order valence-corrected chi connectivity index (χ3v) is 6.59. The lowest BCUT2D eigenvalue weighted by Crippen LogP contribution is -2.57. The van der Waals surface area contributed by atoms with Gasteiger partial charge in [-0.15, -0.1) is 11.3 Å². The summed E-state index contributed by atoms with van der Waals surface area (Å²) in [5.74, 6) is -0.603. The van der Waals surface area contributed by atoms with Crippen molar-refractivity contribution in [3.05, 3.63) is 58.0 Å². The molecule has 1 N–H and O–H groups in total. The lowest BCUT2D eigenvalue weighted by Gasteiger charge is -2.38. The molecule has 2 aliphatic heterocycles. The van der Waals surface area contributed by atoms with Crippen LogP contribution in [0, 0.1) is 5.82 Å². The molecule has 0 bridgehead atoms. The van der Waals surface area contributed by atoms with Crippen molar-refractivity contribution in [3.8, 4) is 0 Å². The van der Waals surface area contributed by atoms with Crippen LogP contribution in [0.3, 0.4) is 0 Å². The van der Waals surface area contributed by atoms with Gasteiger partial charge in [-0.25, -0.2) is 4.39 Å². The first-order valence-corrected chi connectivity index (χ1v) is 11.3. The normalized spacial score (nSPS) is 19.9. The van der Waals surface area contributed by atoms with Gasteiger partial charge in [0.1, 0.15) is 5.82 Å². The summed E-state index contributed by atoms with van der Waals surface area (Å²) in [6.45, 7) is 3.37. The Hall–Kier alpha value is -2.78. The van der Waals surface area contributed by atoms with Crippen LogP contribution >= 0.6 is 11.3 Å². The highest BCUT2D eigenvalue weighted by Gasteiger charge is 2.34. The highest BCUT2D eigenvalue weighted by Crippen LogP contribution is 2.18. The van der Waals surface area contributed by atoms with E-state index in [9.17, 15) is 18.8 Å². The van der Waals surface area contributed by atoms with E-state index in [-0.39, 0.29) is 30.0 Å². The van der Waals surface area contributed by atoms with E-state index in [1.165, 1.54) is 23.5 Å². The van der Waals surface area contributed by atoms with Gasteiger partial charge in [0, 0.05) is 45.8 Å². The standard InChI is InChI=1S/C22H25FN4O3S/c23-17-4-1-3-16(13-17)15-27-7-6-24-21(29)18(27)14-20(28)25-8-10-26(11-9-25)22(30)19-5-2-12-31-19/h1-5,12-13,18H,6-11,14-15H2,(H,24,29)/t18-/m1/s1. The molecule has 1 atom stereocenters. The van der Waals surface area contributed by atoms with Crippen molar-refractivity contribution in [2.24, 2.45) is 0 Å². The zero-order valence-corrected chi connectivity index (χ0v) is 17.9. The van der Waals surface area contributed by atoms with Crippen LogP contribution in [-0.4, -0.2) is 77.7 Å². The average Bonchev–Trinajstić information content (AvgIpc) is 3.31. The van der Waals surface area contributed by atoms with Crippen molar-refractivity contribution in [2.75, 3.05) is 39.3 Å². The van der Waals surface area contributed by atoms with Crippen molar-refractivity contribution >= 4 is 29.1 Å². The Morgan fingerprint density at radius 2 is 1.84 bits per heavy atom. The van der Waals surface area contributed by atoms with Gasteiger partial charge < -0.3 is 15.1 Å².